The molecule has 0 bridgehead atoms. The number of fused-ring (bicyclic) bond motifs is 1. The number of nitrogens with one attached hydrogen (secondary N) is 1. The monoisotopic (exact) mass is 345 g/mol. The van der Waals surface area contributed by atoms with Gasteiger partial charge in [-0.1, -0.05) is 19.8 Å². The summed E-state index contributed by atoms with van der Waals surface area (Å²) in [6, 6.07) is 3.77. The molecule has 0 radical (unpaired) electrons. The summed E-state index contributed by atoms with van der Waals surface area (Å²) in [6.45, 7) is 2.98. The molecule has 3 atom stereocenters. The molecule has 3 rings (SSSR count). The van der Waals surface area contributed by atoms with Crippen molar-refractivity contribution in [3.63, 3.8) is 0 Å². The minimum Gasteiger partial charge on any atom is -0.335 e. The highest BCUT2D eigenvalue weighted by molar-refractivity contribution is 7.98. The number of aromatic amines is 1. The number of piperidine rings is 1. The van der Waals surface area contributed by atoms with E-state index in [1.165, 1.54) is 30.7 Å². The van der Waals surface area contributed by atoms with Gasteiger partial charge in [0.05, 0.1) is 10.6 Å². The molecule has 1 amide bonds. The van der Waals surface area contributed by atoms with Crippen molar-refractivity contribution in [1.82, 2.24) is 9.88 Å². The quantitative estimate of drug-likeness (QED) is 0.836. The number of carbonyl (C=O) groups is 1. The second-order valence-corrected chi connectivity index (χ2v) is 7.67. The van der Waals surface area contributed by atoms with E-state index in [1.807, 2.05) is 4.90 Å². The highest BCUT2D eigenvalue weighted by atomic mass is 32.2. The zero-order valence-corrected chi connectivity index (χ0v) is 15.0. The van der Waals surface area contributed by atoms with Crippen LogP contribution in [0, 0.1) is 23.2 Å². The second kappa shape index (κ2) is 7.02. The molecule has 1 N–H and O–H groups in total. The Kier molecular flexibility index (Phi) is 5.00. The molecule has 5 nitrogen and oxygen atoms in total. The molecule has 24 heavy (non-hydrogen) atoms. The summed E-state index contributed by atoms with van der Waals surface area (Å²) in [7, 11) is 0. The molecule has 2 heterocycles. The first-order valence-corrected chi connectivity index (χ1v) is 9.81. The predicted molar refractivity (Wildman–Crippen MR) is 94.1 cm³/mol. The normalized spacial score (nSPS) is 26.5. The van der Waals surface area contributed by atoms with E-state index in [4.69, 9.17) is 0 Å². The SMILES string of the molecule is CSc1[nH]c(=O)c(C(=O)N2CC[C@H](C)[C@H]3CCCC[C@H]32)cc1C#N. The Bertz CT molecular complexity index is 737. The summed E-state index contributed by atoms with van der Waals surface area (Å²) in [6.07, 6.45) is 7.34. The molecule has 1 aromatic heterocycles. The average Bonchev–Trinajstić information content (AvgIpc) is 2.61. The lowest BCUT2D eigenvalue weighted by atomic mass is 9.72. The van der Waals surface area contributed by atoms with Gasteiger partial charge in [0.15, 0.2) is 0 Å². The Morgan fingerprint density at radius 3 is 2.83 bits per heavy atom. The van der Waals surface area contributed by atoms with E-state index < -0.39 is 5.56 Å². The number of carbonyl (C=O) groups excluding carboxylic acids is 1. The van der Waals surface area contributed by atoms with Gasteiger partial charge in [-0.3, -0.25) is 9.59 Å². The van der Waals surface area contributed by atoms with Gasteiger partial charge in [0.2, 0.25) is 0 Å². The number of H-pyrrole nitrogens is 1. The maximum absolute atomic E-state index is 13.0. The number of nitrogens with zero attached hydrogens (tertiary/aromatic N) is 2. The number of amides is 1. The van der Waals surface area contributed by atoms with Crippen LogP contribution in [-0.4, -0.2) is 34.6 Å². The highest BCUT2D eigenvalue weighted by Gasteiger charge is 2.40. The third-order valence-electron chi connectivity index (χ3n) is 5.56. The number of rotatable bonds is 2. The van der Waals surface area contributed by atoms with Gasteiger partial charge >= 0.3 is 0 Å². The van der Waals surface area contributed by atoms with Crippen molar-refractivity contribution in [3.05, 3.63) is 27.5 Å². The van der Waals surface area contributed by atoms with Crippen LogP contribution in [0.4, 0.5) is 0 Å². The summed E-state index contributed by atoms with van der Waals surface area (Å²) in [5, 5.41) is 9.78. The summed E-state index contributed by atoms with van der Waals surface area (Å²) in [5.41, 5.74) is 0.0635. The van der Waals surface area contributed by atoms with Crippen LogP contribution < -0.4 is 5.56 Å². The first-order valence-electron chi connectivity index (χ1n) is 8.59. The fraction of sp³-hybridized carbons (Fsp3) is 0.611. The maximum Gasteiger partial charge on any atom is 0.261 e. The predicted octanol–water partition coefficient (Wildman–Crippen LogP) is 3.01. The lowest BCUT2D eigenvalue weighted by molar-refractivity contribution is 0.0216. The third-order valence-corrected chi connectivity index (χ3v) is 6.29. The van der Waals surface area contributed by atoms with Crippen LogP contribution in [0.15, 0.2) is 15.9 Å². The molecule has 2 aliphatic rings. The van der Waals surface area contributed by atoms with Gasteiger partial charge < -0.3 is 9.88 Å². The first-order chi connectivity index (χ1) is 11.6. The number of likely N-dealkylation sites (tertiary alicyclic amines) is 1. The van der Waals surface area contributed by atoms with Crippen molar-refractivity contribution in [2.24, 2.45) is 11.8 Å². The van der Waals surface area contributed by atoms with Crippen molar-refractivity contribution in [2.75, 3.05) is 12.8 Å². The molecule has 6 heteroatoms. The number of aromatic nitrogens is 1. The van der Waals surface area contributed by atoms with Gasteiger partial charge in [-0.15, -0.1) is 11.8 Å². The fourth-order valence-electron chi connectivity index (χ4n) is 4.24. The van der Waals surface area contributed by atoms with Gasteiger partial charge in [-0.05, 0) is 43.4 Å². The lowest BCUT2D eigenvalue weighted by Gasteiger charge is -2.47. The smallest absolute Gasteiger partial charge is 0.261 e. The zero-order chi connectivity index (χ0) is 17.3. The third kappa shape index (κ3) is 2.98. The number of pyridine rings is 1. The minimum absolute atomic E-state index is 0.100. The molecule has 0 spiro atoms. The summed E-state index contributed by atoms with van der Waals surface area (Å²) < 4.78 is 0. The molecular weight excluding hydrogens is 322 g/mol. The maximum atomic E-state index is 13.0. The van der Waals surface area contributed by atoms with E-state index in [-0.39, 0.29) is 17.5 Å². The van der Waals surface area contributed by atoms with Crippen molar-refractivity contribution in [1.29, 1.82) is 5.26 Å². The molecule has 1 saturated heterocycles. The minimum atomic E-state index is -0.394. The largest absolute Gasteiger partial charge is 0.335 e. The Morgan fingerprint density at radius 1 is 1.38 bits per heavy atom. The summed E-state index contributed by atoms with van der Waals surface area (Å²) in [5.74, 6) is 0.951. The average molecular weight is 345 g/mol. The standard InChI is InChI=1S/C18H23N3O2S/c1-11-7-8-21(15-6-4-3-5-13(11)15)18(23)14-9-12(10-19)17(24-2)20-16(14)22/h9,11,13,15H,3-8H2,1-2H3,(H,20,22)/t11-,13+,15+/m0/s1. The lowest BCUT2D eigenvalue weighted by Crippen LogP contribution is -2.53. The van der Waals surface area contributed by atoms with E-state index in [1.54, 1.807) is 6.26 Å². The number of hydrogen-bond donors (Lipinski definition) is 1. The van der Waals surface area contributed by atoms with Crippen LogP contribution in [0.1, 0.15) is 54.9 Å². The van der Waals surface area contributed by atoms with Crippen LogP contribution >= 0.6 is 11.8 Å². The highest BCUT2D eigenvalue weighted by Crippen LogP contribution is 2.39. The second-order valence-electron chi connectivity index (χ2n) is 6.85. The molecule has 1 aromatic rings. The molecule has 2 fully saturated rings. The first kappa shape index (κ1) is 17.1. The van der Waals surface area contributed by atoms with Crippen LogP contribution in [0.2, 0.25) is 0 Å². The molecule has 0 aromatic carbocycles. The van der Waals surface area contributed by atoms with E-state index in [0.29, 0.717) is 29.0 Å². The van der Waals surface area contributed by atoms with Gasteiger partial charge in [-0.25, -0.2) is 0 Å². The molecule has 1 aliphatic carbocycles. The van der Waals surface area contributed by atoms with Gasteiger partial charge in [-0.2, -0.15) is 5.26 Å². The molecular formula is C18H23N3O2S. The zero-order valence-electron chi connectivity index (χ0n) is 14.2. The molecule has 128 valence electrons. The Hall–Kier alpha value is -1.74. The topological polar surface area (TPSA) is 77.0 Å². The van der Waals surface area contributed by atoms with Crippen LogP contribution in [0.25, 0.3) is 0 Å². The summed E-state index contributed by atoms with van der Waals surface area (Å²) >= 11 is 1.31. The van der Waals surface area contributed by atoms with E-state index >= 15 is 0 Å². The van der Waals surface area contributed by atoms with E-state index in [2.05, 4.69) is 18.0 Å². The van der Waals surface area contributed by atoms with Crippen molar-refractivity contribution in [3.8, 4) is 6.07 Å². The number of hydrogen-bond acceptors (Lipinski definition) is 4. The van der Waals surface area contributed by atoms with E-state index in [0.717, 1.165) is 19.3 Å². The van der Waals surface area contributed by atoms with Gasteiger partial charge in [0.25, 0.3) is 11.5 Å². The molecule has 1 saturated carbocycles. The van der Waals surface area contributed by atoms with Crippen molar-refractivity contribution in [2.45, 2.75) is 50.1 Å². The van der Waals surface area contributed by atoms with Gasteiger partial charge in [0.1, 0.15) is 11.6 Å². The van der Waals surface area contributed by atoms with E-state index in [9.17, 15) is 14.9 Å². The molecule has 0 unspecified atom stereocenters. The van der Waals surface area contributed by atoms with Crippen molar-refractivity contribution >= 4 is 17.7 Å². The van der Waals surface area contributed by atoms with Crippen LogP contribution in [0.3, 0.4) is 0 Å². The van der Waals surface area contributed by atoms with Gasteiger partial charge in [0, 0.05) is 12.6 Å². The molecule has 1 aliphatic heterocycles. The number of thioether (sulfide) groups is 1. The Labute approximate surface area is 146 Å². The summed E-state index contributed by atoms with van der Waals surface area (Å²) in [4.78, 5) is 30.0. The Balaban J connectivity index is 1.94. The fourth-order valence-corrected chi connectivity index (χ4v) is 4.76. The van der Waals surface area contributed by atoms with Crippen molar-refractivity contribution < 1.29 is 4.79 Å². The van der Waals surface area contributed by atoms with Crippen LogP contribution in [0.5, 0.6) is 0 Å². The Morgan fingerprint density at radius 2 is 2.12 bits per heavy atom. The van der Waals surface area contributed by atoms with Crippen LogP contribution in [-0.2, 0) is 0 Å². The number of nitriles is 1.